The lowest BCUT2D eigenvalue weighted by molar-refractivity contribution is -0.133. The van der Waals surface area contributed by atoms with Gasteiger partial charge in [-0.05, 0) is 31.6 Å². The van der Waals surface area contributed by atoms with Crippen LogP contribution in [0.1, 0.15) is 57.8 Å². The lowest BCUT2D eigenvalue weighted by Gasteiger charge is -2.29. The minimum Gasteiger partial charge on any atom is -0.392 e. The molecule has 0 atom stereocenters. The molecule has 0 bridgehead atoms. The zero-order valence-electron chi connectivity index (χ0n) is 11.1. The maximum absolute atomic E-state index is 12.4. The van der Waals surface area contributed by atoms with E-state index in [1.807, 2.05) is 4.90 Å². The highest BCUT2D eigenvalue weighted by atomic mass is 32.1. The summed E-state index contributed by atoms with van der Waals surface area (Å²) in [6, 6.07) is 0.389. The Hall–Kier alpha value is -0.640. The molecule has 0 heterocycles. The van der Waals surface area contributed by atoms with Gasteiger partial charge in [0.15, 0.2) is 0 Å². The van der Waals surface area contributed by atoms with E-state index in [9.17, 15) is 4.79 Å². The normalized spacial score (nSPS) is 21.3. The van der Waals surface area contributed by atoms with E-state index in [2.05, 4.69) is 0 Å². The first-order valence-electron chi connectivity index (χ1n) is 7.24. The van der Waals surface area contributed by atoms with Crippen LogP contribution in [0, 0.1) is 5.92 Å². The second-order valence-electron chi connectivity index (χ2n) is 5.78. The van der Waals surface area contributed by atoms with Crippen molar-refractivity contribution < 1.29 is 4.79 Å². The molecule has 0 unspecified atom stereocenters. The van der Waals surface area contributed by atoms with Crippen LogP contribution in [0.15, 0.2) is 0 Å². The fourth-order valence-electron chi connectivity index (χ4n) is 3.38. The van der Waals surface area contributed by atoms with Gasteiger partial charge in [-0.15, -0.1) is 0 Å². The molecular formula is C14H24N2OS. The van der Waals surface area contributed by atoms with Crippen LogP contribution in [-0.2, 0) is 4.79 Å². The van der Waals surface area contributed by atoms with E-state index >= 15 is 0 Å². The zero-order chi connectivity index (χ0) is 13.0. The predicted molar refractivity (Wildman–Crippen MR) is 77.3 cm³/mol. The Morgan fingerprint density at radius 3 is 2.22 bits per heavy atom. The molecule has 0 radical (unpaired) electrons. The average Bonchev–Trinajstić information content (AvgIpc) is 2.97. The minimum absolute atomic E-state index is 0.279. The number of carbonyl (C=O) groups is 1. The number of nitrogens with zero attached hydrogens (tertiary/aromatic N) is 1. The summed E-state index contributed by atoms with van der Waals surface area (Å²) in [5.74, 6) is 0.884. The van der Waals surface area contributed by atoms with E-state index in [0.717, 1.165) is 12.8 Å². The number of amides is 1. The molecule has 2 aliphatic carbocycles. The Bertz CT molecular complexity index is 307. The van der Waals surface area contributed by atoms with Crippen LogP contribution in [0.4, 0.5) is 0 Å². The second kappa shape index (κ2) is 6.50. The molecule has 18 heavy (non-hydrogen) atoms. The topological polar surface area (TPSA) is 46.3 Å². The minimum atomic E-state index is 0.279. The summed E-state index contributed by atoms with van der Waals surface area (Å²) in [5, 5.41) is 0. The van der Waals surface area contributed by atoms with Crippen LogP contribution in [-0.4, -0.2) is 28.4 Å². The molecule has 0 saturated heterocycles. The fourth-order valence-corrected chi connectivity index (χ4v) is 3.52. The molecule has 2 saturated carbocycles. The van der Waals surface area contributed by atoms with Crippen LogP contribution in [0.3, 0.4) is 0 Å². The highest BCUT2D eigenvalue weighted by Crippen LogP contribution is 2.30. The van der Waals surface area contributed by atoms with Crippen LogP contribution in [0.25, 0.3) is 0 Å². The van der Waals surface area contributed by atoms with Gasteiger partial charge in [-0.25, -0.2) is 0 Å². The zero-order valence-corrected chi connectivity index (χ0v) is 11.9. The largest absolute Gasteiger partial charge is 0.392 e. The molecule has 0 spiro atoms. The standard InChI is InChI=1S/C14H24N2OS/c15-13(18)10-16(12-7-3-4-8-12)14(17)9-11-5-1-2-6-11/h11-12H,1-10H2,(H2,15,18). The second-order valence-corrected chi connectivity index (χ2v) is 6.31. The van der Waals surface area contributed by atoms with Crippen molar-refractivity contribution in [3.05, 3.63) is 0 Å². The third-order valence-corrected chi connectivity index (χ3v) is 4.48. The van der Waals surface area contributed by atoms with Gasteiger partial charge in [-0.1, -0.05) is 37.9 Å². The third kappa shape index (κ3) is 3.67. The quantitative estimate of drug-likeness (QED) is 0.780. The lowest BCUT2D eigenvalue weighted by atomic mass is 10.0. The Kier molecular flexibility index (Phi) is 4.98. The van der Waals surface area contributed by atoms with Crippen molar-refractivity contribution in [1.29, 1.82) is 0 Å². The van der Waals surface area contributed by atoms with Crippen LogP contribution in [0.2, 0.25) is 0 Å². The molecule has 2 fully saturated rings. The van der Waals surface area contributed by atoms with Crippen molar-refractivity contribution in [2.75, 3.05) is 6.54 Å². The third-order valence-electron chi connectivity index (χ3n) is 4.35. The predicted octanol–water partition coefficient (Wildman–Crippen LogP) is 2.62. The number of nitrogens with two attached hydrogens (primary N) is 1. The van der Waals surface area contributed by atoms with Crippen molar-refractivity contribution in [2.45, 2.75) is 63.8 Å². The molecule has 0 aromatic carbocycles. The summed E-state index contributed by atoms with van der Waals surface area (Å²) in [7, 11) is 0. The number of hydrogen-bond donors (Lipinski definition) is 1. The van der Waals surface area contributed by atoms with E-state index in [1.54, 1.807) is 0 Å². The number of thiocarbonyl (C=S) groups is 1. The highest BCUT2D eigenvalue weighted by Gasteiger charge is 2.29. The molecule has 3 nitrogen and oxygen atoms in total. The lowest BCUT2D eigenvalue weighted by Crippen LogP contribution is -2.44. The molecule has 4 heteroatoms. The van der Waals surface area contributed by atoms with Crippen LogP contribution < -0.4 is 5.73 Å². The monoisotopic (exact) mass is 268 g/mol. The van der Waals surface area contributed by atoms with E-state index in [1.165, 1.54) is 38.5 Å². The van der Waals surface area contributed by atoms with Gasteiger partial charge >= 0.3 is 0 Å². The summed E-state index contributed by atoms with van der Waals surface area (Å²) in [6.45, 7) is 0.478. The van der Waals surface area contributed by atoms with Gasteiger partial charge in [0.1, 0.15) is 0 Å². The summed E-state index contributed by atoms with van der Waals surface area (Å²) in [4.78, 5) is 14.8. The first kappa shape index (κ1) is 13.8. The first-order chi connectivity index (χ1) is 8.66. The molecule has 2 aliphatic rings. The van der Waals surface area contributed by atoms with Gasteiger partial charge in [0.05, 0.1) is 11.5 Å². The van der Waals surface area contributed by atoms with Gasteiger partial charge < -0.3 is 10.6 Å². The van der Waals surface area contributed by atoms with Gasteiger partial charge in [0, 0.05) is 12.5 Å². The highest BCUT2D eigenvalue weighted by molar-refractivity contribution is 7.80. The van der Waals surface area contributed by atoms with Gasteiger partial charge in [-0.2, -0.15) is 0 Å². The molecule has 0 aromatic heterocycles. The number of hydrogen-bond acceptors (Lipinski definition) is 2. The number of carbonyl (C=O) groups excluding carboxylic acids is 1. The molecule has 0 aromatic rings. The van der Waals surface area contributed by atoms with Crippen LogP contribution in [0.5, 0.6) is 0 Å². The van der Waals surface area contributed by atoms with Gasteiger partial charge in [0.2, 0.25) is 5.91 Å². The van der Waals surface area contributed by atoms with Crippen molar-refractivity contribution in [3.63, 3.8) is 0 Å². The maximum Gasteiger partial charge on any atom is 0.223 e. The van der Waals surface area contributed by atoms with E-state index in [0.29, 0.717) is 29.9 Å². The van der Waals surface area contributed by atoms with Crippen molar-refractivity contribution in [3.8, 4) is 0 Å². The molecule has 0 aliphatic heterocycles. The number of rotatable bonds is 5. The molecule has 2 N–H and O–H groups in total. The summed E-state index contributed by atoms with van der Waals surface area (Å²) in [5.41, 5.74) is 5.64. The Morgan fingerprint density at radius 1 is 1.11 bits per heavy atom. The Balaban J connectivity index is 1.93. The molecule has 102 valence electrons. The van der Waals surface area contributed by atoms with Crippen molar-refractivity contribution in [2.24, 2.45) is 11.7 Å². The van der Waals surface area contributed by atoms with E-state index in [4.69, 9.17) is 18.0 Å². The molecule has 2 rings (SSSR count). The van der Waals surface area contributed by atoms with E-state index < -0.39 is 0 Å². The molecule has 1 amide bonds. The smallest absolute Gasteiger partial charge is 0.223 e. The Morgan fingerprint density at radius 2 is 1.67 bits per heavy atom. The SMILES string of the molecule is NC(=S)CN(C(=O)CC1CCCC1)C1CCCC1. The van der Waals surface area contributed by atoms with Gasteiger partial charge in [-0.3, -0.25) is 4.79 Å². The van der Waals surface area contributed by atoms with Crippen LogP contribution >= 0.6 is 12.2 Å². The fraction of sp³-hybridized carbons (Fsp3) is 0.857. The first-order valence-corrected chi connectivity index (χ1v) is 7.65. The van der Waals surface area contributed by atoms with Crippen molar-refractivity contribution >= 4 is 23.1 Å². The van der Waals surface area contributed by atoms with Crippen molar-refractivity contribution in [1.82, 2.24) is 4.90 Å². The Labute approximate surface area is 115 Å². The van der Waals surface area contributed by atoms with Gasteiger partial charge in [0.25, 0.3) is 0 Å². The maximum atomic E-state index is 12.4. The summed E-state index contributed by atoms with van der Waals surface area (Å²) < 4.78 is 0. The summed E-state index contributed by atoms with van der Waals surface area (Å²) >= 11 is 4.99. The summed E-state index contributed by atoms with van der Waals surface area (Å²) in [6.07, 6.45) is 10.4. The average molecular weight is 268 g/mol. The molecular weight excluding hydrogens is 244 g/mol. The van der Waals surface area contributed by atoms with E-state index in [-0.39, 0.29) is 5.91 Å².